The molecule has 1 fully saturated rings. The van der Waals surface area contributed by atoms with E-state index in [0.717, 1.165) is 17.2 Å². The van der Waals surface area contributed by atoms with Crippen LogP contribution in [-0.4, -0.2) is 17.1 Å². The molecule has 3 nitrogen and oxygen atoms in total. The summed E-state index contributed by atoms with van der Waals surface area (Å²) in [7, 11) is 0. The molecule has 0 heterocycles. The van der Waals surface area contributed by atoms with Gasteiger partial charge in [0.05, 0.1) is 5.56 Å². The van der Waals surface area contributed by atoms with Gasteiger partial charge in [0.15, 0.2) is 0 Å². The maximum absolute atomic E-state index is 10.9. The lowest BCUT2D eigenvalue weighted by Gasteiger charge is -2.08. The van der Waals surface area contributed by atoms with Crippen LogP contribution in [0, 0.1) is 12.8 Å². The lowest BCUT2D eigenvalue weighted by molar-refractivity contribution is 0.0696. The summed E-state index contributed by atoms with van der Waals surface area (Å²) in [5.41, 5.74) is 2.24. The Kier molecular flexibility index (Phi) is 3.36. The fraction of sp³-hybridized carbons (Fsp3) is 0.500. The Bertz CT molecular complexity index is 428. The van der Waals surface area contributed by atoms with E-state index in [0.29, 0.717) is 11.6 Å². The second kappa shape index (κ2) is 4.78. The summed E-state index contributed by atoms with van der Waals surface area (Å²) in [6, 6.07) is 6.05. The third-order valence-corrected chi connectivity index (χ3v) is 3.39. The number of nitrogens with one attached hydrogen (secondary N) is 1. The molecule has 1 aliphatic rings. The number of hydrogen-bond donors (Lipinski definition) is 2. The van der Waals surface area contributed by atoms with Gasteiger partial charge in [-0.3, -0.25) is 0 Å². The number of rotatable bonds is 5. The Morgan fingerprint density at radius 2 is 2.29 bits per heavy atom. The van der Waals surface area contributed by atoms with Crippen molar-refractivity contribution in [1.82, 2.24) is 0 Å². The zero-order valence-corrected chi connectivity index (χ0v) is 10.4. The predicted octanol–water partition coefficient (Wildman–Crippen LogP) is 3.29. The van der Waals surface area contributed by atoms with Gasteiger partial charge >= 0.3 is 5.97 Å². The van der Waals surface area contributed by atoms with Gasteiger partial charge in [-0.25, -0.2) is 4.79 Å². The van der Waals surface area contributed by atoms with Gasteiger partial charge < -0.3 is 10.4 Å². The van der Waals surface area contributed by atoms with Crippen LogP contribution in [0.5, 0.6) is 0 Å². The molecule has 0 amide bonds. The minimum atomic E-state index is -0.857. The second-order valence-electron chi connectivity index (χ2n) is 4.87. The molecule has 1 aliphatic carbocycles. The maximum atomic E-state index is 10.9. The van der Waals surface area contributed by atoms with Gasteiger partial charge in [-0.2, -0.15) is 0 Å². The summed E-state index contributed by atoms with van der Waals surface area (Å²) in [5.74, 6) is -0.0520. The molecule has 92 valence electrons. The summed E-state index contributed by atoms with van der Waals surface area (Å²) in [4.78, 5) is 10.9. The van der Waals surface area contributed by atoms with E-state index >= 15 is 0 Å². The summed E-state index contributed by atoms with van der Waals surface area (Å²) < 4.78 is 0. The topological polar surface area (TPSA) is 49.3 Å². The fourth-order valence-corrected chi connectivity index (χ4v) is 2.32. The Balaban J connectivity index is 1.99. The van der Waals surface area contributed by atoms with E-state index in [1.54, 1.807) is 6.07 Å². The normalized spacial score (nSPS) is 22.2. The number of aromatic carboxylic acids is 1. The second-order valence-corrected chi connectivity index (χ2v) is 4.87. The highest BCUT2D eigenvalue weighted by Crippen LogP contribution is 2.37. The fourth-order valence-electron chi connectivity index (χ4n) is 2.32. The van der Waals surface area contributed by atoms with E-state index in [4.69, 9.17) is 5.11 Å². The highest BCUT2D eigenvalue weighted by atomic mass is 16.4. The number of anilines is 1. The minimum Gasteiger partial charge on any atom is -0.478 e. The Morgan fingerprint density at radius 1 is 1.53 bits per heavy atom. The molecule has 0 spiro atoms. The molecule has 2 rings (SSSR count). The van der Waals surface area contributed by atoms with Gasteiger partial charge in [-0.05, 0) is 49.4 Å². The summed E-state index contributed by atoms with van der Waals surface area (Å²) in [6.07, 6.45) is 3.76. The van der Waals surface area contributed by atoms with Crippen LogP contribution in [0.15, 0.2) is 18.2 Å². The SMILES string of the molecule is CCCC1CC1Nc1ccc(C(=O)O)c(C)c1. The van der Waals surface area contributed by atoms with Gasteiger partial charge in [0.1, 0.15) is 0 Å². The monoisotopic (exact) mass is 233 g/mol. The zero-order valence-electron chi connectivity index (χ0n) is 10.4. The molecule has 1 saturated carbocycles. The summed E-state index contributed by atoms with van der Waals surface area (Å²) in [6.45, 7) is 4.05. The first-order valence-corrected chi connectivity index (χ1v) is 6.22. The van der Waals surface area contributed by atoms with Crippen LogP contribution in [0.1, 0.15) is 42.1 Å². The first-order valence-electron chi connectivity index (χ1n) is 6.22. The maximum Gasteiger partial charge on any atom is 0.335 e. The summed E-state index contributed by atoms with van der Waals surface area (Å²) >= 11 is 0. The van der Waals surface area contributed by atoms with Crippen molar-refractivity contribution in [2.24, 2.45) is 5.92 Å². The van der Waals surface area contributed by atoms with Crippen LogP contribution >= 0.6 is 0 Å². The van der Waals surface area contributed by atoms with Crippen molar-refractivity contribution in [3.8, 4) is 0 Å². The van der Waals surface area contributed by atoms with Gasteiger partial charge in [0, 0.05) is 11.7 Å². The average Bonchev–Trinajstić information content (AvgIpc) is 2.96. The van der Waals surface area contributed by atoms with Gasteiger partial charge in [-0.1, -0.05) is 13.3 Å². The quantitative estimate of drug-likeness (QED) is 0.820. The summed E-state index contributed by atoms with van der Waals surface area (Å²) in [5, 5.41) is 12.4. The number of hydrogen-bond acceptors (Lipinski definition) is 2. The van der Waals surface area contributed by atoms with E-state index in [1.807, 2.05) is 19.1 Å². The predicted molar refractivity (Wildman–Crippen MR) is 68.6 cm³/mol. The highest BCUT2D eigenvalue weighted by molar-refractivity contribution is 5.89. The molecule has 0 saturated heterocycles. The van der Waals surface area contributed by atoms with Crippen LogP contribution in [0.25, 0.3) is 0 Å². The van der Waals surface area contributed by atoms with Crippen molar-refractivity contribution < 1.29 is 9.90 Å². The first kappa shape index (κ1) is 12.0. The molecule has 17 heavy (non-hydrogen) atoms. The molecule has 2 unspecified atom stereocenters. The van der Waals surface area contributed by atoms with Crippen LogP contribution < -0.4 is 5.32 Å². The van der Waals surface area contributed by atoms with E-state index in [9.17, 15) is 4.79 Å². The number of carboxylic acid groups (broad SMARTS) is 1. The molecule has 0 bridgehead atoms. The van der Waals surface area contributed by atoms with Crippen molar-refractivity contribution in [3.63, 3.8) is 0 Å². The minimum absolute atomic E-state index is 0.386. The van der Waals surface area contributed by atoms with E-state index in [2.05, 4.69) is 12.2 Å². The van der Waals surface area contributed by atoms with Crippen molar-refractivity contribution in [2.45, 2.75) is 39.2 Å². The average molecular weight is 233 g/mol. The van der Waals surface area contributed by atoms with Gasteiger partial charge in [0.25, 0.3) is 0 Å². The van der Waals surface area contributed by atoms with Gasteiger partial charge in [0.2, 0.25) is 0 Å². The van der Waals surface area contributed by atoms with Gasteiger partial charge in [-0.15, -0.1) is 0 Å². The van der Waals surface area contributed by atoms with E-state index in [1.165, 1.54) is 19.3 Å². The molecular formula is C14H19NO2. The first-order chi connectivity index (χ1) is 8.11. The largest absolute Gasteiger partial charge is 0.478 e. The third kappa shape index (κ3) is 2.78. The molecule has 2 N–H and O–H groups in total. The van der Waals surface area contributed by atoms with Crippen LogP contribution in [0.3, 0.4) is 0 Å². The van der Waals surface area contributed by atoms with Crippen LogP contribution in [0.2, 0.25) is 0 Å². The Hall–Kier alpha value is -1.51. The standard InChI is InChI=1S/C14H19NO2/c1-3-4-10-8-13(10)15-11-5-6-12(14(16)17)9(2)7-11/h5-7,10,13,15H,3-4,8H2,1-2H3,(H,16,17). The van der Waals surface area contributed by atoms with Crippen LogP contribution in [0.4, 0.5) is 5.69 Å². The molecule has 3 heteroatoms. The van der Waals surface area contributed by atoms with Crippen molar-refractivity contribution in [3.05, 3.63) is 29.3 Å². The van der Waals surface area contributed by atoms with E-state index in [-0.39, 0.29) is 0 Å². The molecule has 1 aromatic rings. The lowest BCUT2D eigenvalue weighted by atomic mass is 10.1. The van der Waals surface area contributed by atoms with Crippen molar-refractivity contribution >= 4 is 11.7 Å². The molecule has 1 aromatic carbocycles. The molecule has 0 aliphatic heterocycles. The number of carboxylic acids is 1. The smallest absolute Gasteiger partial charge is 0.335 e. The molecular weight excluding hydrogens is 214 g/mol. The number of carbonyl (C=O) groups is 1. The number of benzene rings is 1. The molecule has 2 atom stereocenters. The number of aryl methyl sites for hydroxylation is 1. The zero-order chi connectivity index (χ0) is 12.4. The van der Waals surface area contributed by atoms with E-state index < -0.39 is 5.97 Å². The van der Waals surface area contributed by atoms with Crippen LogP contribution in [-0.2, 0) is 0 Å². The van der Waals surface area contributed by atoms with Crippen molar-refractivity contribution in [2.75, 3.05) is 5.32 Å². The molecule has 0 aromatic heterocycles. The lowest BCUT2D eigenvalue weighted by Crippen LogP contribution is -2.06. The third-order valence-electron chi connectivity index (χ3n) is 3.39. The molecule has 0 radical (unpaired) electrons. The van der Waals surface area contributed by atoms with Crippen molar-refractivity contribution in [1.29, 1.82) is 0 Å². The Labute approximate surface area is 102 Å². The Morgan fingerprint density at radius 3 is 2.88 bits per heavy atom. The highest BCUT2D eigenvalue weighted by Gasteiger charge is 2.35.